The zero-order valence-corrected chi connectivity index (χ0v) is 23.1. The molecular weight excluding hydrogens is 530 g/mol. The van der Waals surface area contributed by atoms with Crippen molar-refractivity contribution in [3.05, 3.63) is 173 Å². The molecule has 1 aromatic heterocycles. The molecule has 204 valence electrons. The van der Waals surface area contributed by atoms with Crippen molar-refractivity contribution in [2.75, 3.05) is 0 Å². The molecule has 0 amide bonds. The van der Waals surface area contributed by atoms with Gasteiger partial charge < -0.3 is 9.47 Å². The van der Waals surface area contributed by atoms with E-state index in [9.17, 15) is 0 Å². The first kappa shape index (κ1) is 24.0. The van der Waals surface area contributed by atoms with Crippen molar-refractivity contribution in [3.63, 3.8) is 0 Å². The predicted molar refractivity (Wildman–Crippen MR) is 167 cm³/mol. The summed E-state index contributed by atoms with van der Waals surface area (Å²) >= 11 is 0. The Kier molecular flexibility index (Phi) is 5.11. The normalized spacial score (nSPS) is 16.6. The Morgan fingerprint density at radius 3 is 1.98 bits per heavy atom. The third-order valence-electron chi connectivity index (χ3n) is 8.77. The van der Waals surface area contributed by atoms with Crippen LogP contribution in [0.5, 0.6) is 11.5 Å². The number of rotatable bonds is 3. The second kappa shape index (κ2) is 9.16. The van der Waals surface area contributed by atoms with Crippen LogP contribution in [0.15, 0.2) is 145 Å². The molecule has 1 atom stereocenters. The summed E-state index contributed by atoms with van der Waals surface area (Å²) in [6.07, 6.45) is 1.51. The average molecular weight is 556 g/mol. The molecule has 9 rings (SSSR count). The maximum atomic E-state index is 6.56. The van der Waals surface area contributed by atoms with Gasteiger partial charge in [-0.25, -0.2) is 0 Å². The SMILES string of the molecule is c1ccc(C2NN=C(c3ccc(-c4ccc5c(c4)C4(c6ccccc6O5)c5ccccc5-c5ccccc54)nc3)O2)cc1. The summed E-state index contributed by atoms with van der Waals surface area (Å²) in [5, 5.41) is 4.42. The van der Waals surface area contributed by atoms with Gasteiger partial charge in [0.15, 0.2) is 0 Å². The van der Waals surface area contributed by atoms with E-state index in [0.717, 1.165) is 45.0 Å². The number of pyridine rings is 1. The monoisotopic (exact) mass is 555 g/mol. The molecule has 6 aromatic rings. The molecule has 1 spiro atoms. The van der Waals surface area contributed by atoms with E-state index in [1.807, 2.05) is 54.7 Å². The van der Waals surface area contributed by atoms with Crippen LogP contribution < -0.4 is 10.2 Å². The predicted octanol–water partition coefficient (Wildman–Crippen LogP) is 8.20. The summed E-state index contributed by atoms with van der Waals surface area (Å²) in [6, 6.07) is 46.4. The highest BCUT2D eigenvalue weighted by Crippen LogP contribution is 2.62. The highest BCUT2D eigenvalue weighted by atomic mass is 16.5. The molecule has 1 unspecified atom stereocenters. The van der Waals surface area contributed by atoms with Crippen LogP contribution in [0, 0.1) is 0 Å². The van der Waals surface area contributed by atoms with Gasteiger partial charge in [-0.1, -0.05) is 97.1 Å². The Labute approximate surface area is 249 Å². The van der Waals surface area contributed by atoms with E-state index in [1.165, 1.54) is 22.3 Å². The van der Waals surface area contributed by atoms with E-state index in [0.29, 0.717) is 5.90 Å². The Balaban J connectivity index is 1.15. The molecule has 2 aliphatic heterocycles. The molecule has 5 nitrogen and oxygen atoms in total. The third-order valence-corrected chi connectivity index (χ3v) is 8.77. The minimum Gasteiger partial charge on any atom is -0.457 e. The minimum atomic E-state index is -0.502. The fraction of sp³-hybridized carbons (Fsp3) is 0.0526. The fourth-order valence-corrected chi connectivity index (χ4v) is 6.89. The van der Waals surface area contributed by atoms with Gasteiger partial charge in [0.25, 0.3) is 0 Å². The molecule has 3 aliphatic rings. The van der Waals surface area contributed by atoms with Crippen LogP contribution >= 0.6 is 0 Å². The number of hydrogen-bond acceptors (Lipinski definition) is 5. The molecule has 0 fully saturated rings. The van der Waals surface area contributed by atoms with Crippen LogP contribution in [0.25, 0.3) is 22.4 Å². The summed E-state index contributed by atoms with van der Waals surface area (Å²) in [5.41, 5.74) is 13.6. The van der Waals surface area contributed by atoms with Gasteiger partial charge in [0, 0.05) is 28.5 Å². The maximum absolute atomic E-state index is 6.56. The van der Waals surface area contributed by atoms with Crippen LogP contribution in [0.2, 0.25) is 0 Å². The summed E-state index contributed by atoms with van der Waals surface area (Å²) in [4.78, 5) is 4.86. The first-order valence-electron chi connectivity index (χ1n) is 14.4. The molecule has 0 saturated heterocycles. The first-order valence-corrected chi connectivity index (χ1v) is 14.4. The smallest absolute Gasteiger partial charge is 0.241 e. The second-order valence-corrected chi connectivity index (χ2v) is 11.0. The van der Waals surface area contributed by atoms with Crippen molar-refractivity contribution in [1.29, 1.82) is 0 Å². The quantitative estimate of drug-likeness (QED) is 0.239. The number of fused-ring (bicyclic) bond motifs is 9. The van der Waals surface area contributed by atoms with Crippen LogP contribution in [-0.4, -0.2) is 10.9 Å². The van der Waals surface area contributed by atoms with Crippen molar-refractivity contribution in [2.45, 2.75) is 11.6 Å². The summed E-state index contributed by atoms with van der Waals surface area (Å²) in [5.74, 6) is 2.27. The average Bonchev–Trinajstić information content (AvgIpc) is 3.69. The summed E-state index contributed by atoms with van der Waals surface area (Å²) < 4.78 is 12.7. The number of ether oxygens (including phenoxy) is 2. The Morgan fingerprint density at radius 1 is 0.581 bits per heavy atom. The van der Waals surface area contributed by atoms with Crippen LogP contribution in [0.1, 0.15) is 39.6 Å². The van der Waals surface area contributed by atoms with Gasteiger partial charge in [0.1, 0.15) is 11.5 Å². The lowest BCUT2D eigenvalue weighted by atomic mass is 9.66. The Morgan fingerprint density at radius 2 is 1.23 bits per heavy atom. The molecule has 5 aromatic carbocycles. The van der Waals surface area contributed by atoms with E-state index in [-0.39, 0.29) is 6.23 Å². The lowest BCUT2D eigenvalue weighted by molar-refractivity contribution is 0.192. The third kappa shape index (κ3) is 3.45. The van der Waals surface area contributed by atoms with Crippen molar-refractivity contribution in [3.8, 4) is 33.9 Å². The van der Waals surface area contributed by atoms with Gasteiger partial charge in [-0.3, -0.25) is 10.4 Å². The van der Waals surface area contributed by atoms with Gasteiger partial charge in [-0.05, 0) is 58.7 Å². The fourth-order valence-electron chi connectivity index (χ4n) is 6.89. The molecule has 0 saturated carbocycles. The topological polar surface area (TPSA) is 55.7 Å². The lowest BCUT2D eigenvalue weighted by Gasteiger charge is -2.39. The van der Waals surface area contributed by atoms with Gasteiger partial charge in [0.05, 0.1) is 16.7 Å². The summed E-state index contributed by atoms with van der Waals surface area (Å²) in [7, 11) is 0. The summed E-state index contributed by atoms with van der Waals surface area (Å²) in [6.45, 7) is 0. The number of aromatic nitrogens is 1. The first-order chi connectivity index (χ1) is 21.3. The largest absolute Gasteiger partial charge is 0.457 e. The molecule has 1 aliphatic carbocycles. The minimum absolute atomic E-state index is 0.312. The van der Waals surface area contributed by atoms with Gasteiger partial charge in [-0.15, -0.1) is 5.10 Å². The molecule has 0 bridgehead atoms. The molecule has 1 N–H and O–H groups in total. The van der Waals surface area contributed by atoms with Crippen LogP contribution in [0.3, 0.4) is 0 Å². The van der Waals surface area contributed by atoms with E-state index < -0.39 is 5.41 Å². The van der Waals surface area contributed by atoms with E-state index in [2.05, 4.69) is 95.5 Å². The van der Waals surface area contributed by atoms with Crippen LogP contribution in [0.4, 0.5) is 0 Å². The number of para-hydroxylation sites is 1. The molecular formula is C38H25N3O2. The highest BCUT2D eigenvalue weighted by Gasteiger charge is 2.51. The van der Waals surface area contributed by atoms with E-state index >= 15 is 0 Å². The van der Waals surface area contributed by atoms with E-state index in [4.69, 9.17) is 14.5 Å². The molecule has 5 heteroatoms. The van der Waals surface area contributed by atoms with Gasteiger partial charge >= 0.3 is 0 Å². The zero-order valence-electron chi connectivity index (χ0n) is 23.1. The number of nitrogens with zero attached hydrogens (tertiary/aromatic N) is 2. The molecule has 43 heavy (non-hydrogen) atoms. The zero-order chi connectivity index (χ0) is 28.4. The lowest BCUT2D eigenvalue weighted by Crippen LogP contribution is -2.32. The number of hydrazone groups is 1. The van der Waals surface area contributed by atoms with E-state index in [1.54, 1.807) is 0 Å². The van der Waals surface area contributed by atoms with Crippen molar-refractivity contribution >= 4 is 5.90 Å². The van der Waals surface area contributed by atoms with Crippen molar-refractivity contribution < 1.29 is 9.47 Å². The number of nitrogens with one attached hydrogen (secondary N) is 1. The highest BCUT2D eigenvalue weighted by molar-refractivity contribution is 5.95. The number of benzene rings is 5. The van der Waals surface area contributed by atoms with Gasteiger partial charge in [0.2, 0.25) is 12.1 Å². The van der Waals surface area contributed by atoms with Gasteiger partial charge in [-0.2, -0.15) is 0 Å². The standard InChI is InChI=1S/C38H25N3O2/c1-2-10-24(11-3-1)36-40-41-37(43-36)26-18-20-33(39-23-26)25-19-21-35-32(22-25)38(31-16-8-9-17-34(31)42-35)29-14-6-4-12-27(29)28-13-5-7-15-30(28)38/h1-23,36,40H. The molecule has 0 radical (unpaired) electrons. The van der Waals surface area contributed by atoms with Crippen molar-refractivity contribution in [1.82, 2.24) is 10.4 Å². The Bertz CT molecular complexity index is 2020. The molecule has 3 heterocycles. The van der Waals surface area contributed by atoms with Crippen LogP contribution in [-0.2, 0) is 10.2 Å². The second-order valence-electron chi connectivity index (χ2n) is 11.0. The van der Waals surface area contributed by atoms with Crippen molar-refractivity contribution in [2.24, 2.45) is 5.10 Å². The number of hydrogen-bond donors (Lipinski definition) is 1. The Hall–Kier alpha value is -5.68. The maximum Gasteiger partial charge on any atom is 0.241 e.